The second-order valence-electron chi connectivity index (χ2n) is 7.21. The summed E-state index contributed by atoms with van der Waals surface area (Å²) in [5.74, 6) is -0.297. The highest BCUT2D eigenvalue weighted by molar-refractivity contribution is 6.62. The van der Waals surface area contributed by atoms with Gasteiger partial charge in [-0.05, 0) is 59.1 Å². The number of halogens is 1. The van der Waals surface area contributed by atoms with Crippen molar-refractivity contribution in [3.63, 3.8) is 0 Å². The number of hydrogen-bond donors (Lipinski definition) is 0. The van der Waals surface area contributed by atoms with Gasteiger partial charge in [-0.25, -0.2) is 4.39 Å². The minimum atomic E-state index is -0.570. The SMILES string of the molecule is CC(C)n1ncc2c(F)cc(B3OC(C)(C)C(C)(C)O3)cc21. The van der Waals surface area contributed by atoms with E-state index in [1.807, 2.05) is 52.3 Å². The third-order valence-electron chi connectivity index (χ3n) is 4.70. The molecule has 0 atom stereocenters. The molecule has 0 spiro atoms. The van der Waals surface area contributed by atoms with Crippen LogP contribution in [0.1, 0.15) is 47.6 Å². The van der Waals surface area contributed by atoms with Crippen molar-refractivity contribution in [1.29, 1.82) is 0 Å². The van der Waals surface area contributed by atoms with Gasteiger partial charge in [-0.2, -0.15) is 5.10 Å². The quantitative estimate of drug-likeness (QED) is 0.800. The predicted octanol–water partition coefficient (Wildman–Crippen LogP) is 3.06. The van der Waals surface area contributed by atoms with Gasteiger partial charge in [-0.15, -0.1) is 0 Å². The molecule has 1 aromatic heterocycles. The van der Waals surface area contributed by atoms with Crippen molar-refractivity contribution in [2.75, 3.05) is 0 Å². The lowest BCUT2D eigenvalue weighted by atomic mass is 9.78. The van der Waals surface area contributed by atoms with Gasteiger partial charge in [0, 0.05) is 6.04 Å². The molecule has 2 aromatic rings. The Kier molecular flexibility index (Phi) is 3.38. The molecular formula is C16H22BFN2O2. The smallest absolute Gasteiger partial charge is 0.399 e. The highest BCUT2D eigenvalue weighted by Gasteiger charge is 2.51. The number of hydrogen-bond acceptors (Lipinski definition) is 3. The molecule has 1 aliphatic heterocycles. The van der Waals surface area contributed by atoms with E-state index in [4.69, 9.17) is 9.31 Å². The van der Waals surface area contributed by atoms with E-state index in [0.29, 0.717) is 10.8 Å². The lowest BCUT2D eigenvalue weighted by Gasteiger charge is -2.32. The van der Waals surface area contributed by atoms with E-state index >= 15 is 0 Å². The molecule has 1 fully saturated rings. The summed E-state index contributed by atoms with van der Waals surface area (Å²) in [4.78, 5) is 0. The van der Waals surface area contributed by atoms with Crippen LogP contribution in [-0.4, -0.2) is 28.1 Å². The van der Waals surface area contributed by atoms with Gasteiger partial charge in [0.15, 0.2) is 0 Å². The molecule has 4 nitrogen and oxygen atoms in total. The Morgan fingerprint density at radius 3 is 2.27 bits per heavy atom. The fraction of sp³-hybridized carbons (Fsp3) is 0.562. The molecule has 118 valence electrons. The van der Waals surface area contributed by atoms with Gasteiger partial charge in [0.2, 0.25) is 0 Å². The zero-order valence-electron chi connectivity index (χ0n) is 14.0. The molecule has 1 aliphatic rings. The lowest BCUT2D eigenvalue weighted by molar-refractivity contribution is 0.00578. The van der Waals surface area contributed by atoms with E-state index in [9.17, 15) is 4.39 Å². The number of rotatable bonds is 2. The van der Waals surface area contributed by atoms with E-state index < -0.39 is 18.3 Å². The lowest BCUT2D eigenvalue weighted by Crippen LogP contribution is -2.41. The Balaban J connectivity index is 2.07. The zero-order chi connectivity index (χ0) is 16.3. The van der Waals surface area contributed by atoms with E-state index in [-0.39, 0.29) is 11.9 Å². The summed E-state index contributed by atoms with van der Waals surface area (Å²) in [5.41, 5.74) is 0.564. The Morgan fingerprint density at radius 1 is 1.14 bits per heavy atom. The number of benzene rings is 1. The average Bonchev–Trinajstić information content (AvgIpc) is 2.89. The summed E-state index contributed by atoms with van der Waals surface area (Å²) in [6.07, 6.45) is 1.57. The van der Waals surface area contributed by atoms with Crippen LogP contribution in [0.15, 0.2) is 18.3 Å². The first-order valence-corrected chi connectivity index (χ1v) is 7.65. The molecule has 1 aromatic carbocycles. The first kappa shape index (κ1) is 15.5. The molecule has 0 amide bonds. The first-order valence-electron chi connectivity index (χ1n) is 7.65. The molecule has 1 saturated heterocycles. The molecule has 22 heavy (non-hydrogen) atoms. The maximum absolute atomic E-state index is 14.4. The minimum absolute atomic E-state index is 0.158. The van der Waals surface area contributed by atoms with Crippen LogP contribution in [0.4, 0.5) is 4.39 Å². The van der Waals surface area contributed by atoms with Crippen LogP contribution in [-0.2, 0) is 9.31 Å². The molecule has 2 heterocycles. The van der Waals surface area contributed by atoms with E-state index in [1.165, 1.54) is 6.07 Å². The van der Waals surface area contributed by atoms with Gasteiger partial charge >= 0.3 is 7.12 Å². The van der Waals surface area contributed by atoms with Gasteiger partial charge in [0.1, 0.15) is 5.82 Å². The topological polar surface area (TPSA) is 36.3 Å². The van der Waals surface area contributed by atoms with Crippen molar-refractivity contribution in [2.45, 2.75) is 58.8 Å². The Hall–Kier alpha value is -1.40. The average molecular weight is 304 g/mol. The molecule has 0 unspecified atom stereocenters. The molecule has 6 heteroatoms. The highest BCUT2D eigenvalue weighted by atomic mass is 19.1. The van der Waals surface area contributed by atoms with Gasteiger partial charge in [0.25, 0.3) is 0 Å². The predicted molar refractivity (Wildman–Crippen MR) is 85.8 cm³/mol. The second kappa shape index (κ2) is 4.80. The summed E-state index contributed by atoms with van der Waals surface area (Å²) in [5, 5.41) is 4.80. The molecule has 0 aliphatic carbocycles. The third kappa shape index (κ3) is 2.25. The normalized spacial score (nSPS) is 20.3. The van der Waals surface area contributed by atoms with Crippen molar-refractivity contribution in [3.8, 4) is 0 Å². The molecule has 0 bridgehead atoms. The van der Waals surface area contributed by atoms with Crippen molar-refractivity contribution in [2.24, 2.45) is 0 Å². The van der Waals surface area contributed by atoms with Crippen LogP contribution in [0.2, 0.25) is 0 Å². The maximum Gasteiger partial charge on any atom is 0.495 e. The molecule has 0 N–H and O–H groups in total. The van der Waals surface area contributed by atoms with E-state index in [1.54, 1.807) is 6.20 Å². The van der Waals surface area contributed by atoms with Crippen molar-refractivity contribution >= 4 is 23.5 Å². The highest BCUT2D eigenvalue weighted by Crippen LogP contribution is 2.36. The summed E-state index contributed by atoms with van der Waals surface area (Å²) < 4.78 is 28.2. The van der Waals surface area contributed by atoms with Gasteiger partial charge in [-0.1, -0.05) is 0 Å². The molecular weight excluding hydrogens is 282 g/mol. The standard InChI is InChI=1S/C16H22BFN2O2/c1-10(2)20-14-8-11(7-13(18)12(14)9-19-20)17-21-15(3,4)16(5,6)22-17/h7-10H,1-6H3. The molecule has 3 rings (SSSR count). The molecule has 0 radical (unpaired) electrons. The van der Waals surface area contributed by atoms with E-state index in [0.717, 1.165) is 5.52 Å². The number of fused-ring (bicyclic) bond motifs is 1. The van der Waals surface area contributed by atoms with Gasteiger partial charge in [0.05, 0.1) is 28.3 Å². The van der Waals surface area contributed by atoms with E-state index in [2.05, 4.69) is 5.10 Å². The Bertz CT molecular complexity index is 708. The Labute approximate surface area is 130 Å². The number of nitrogens with zero attached hydrogens (tertiary/aromatic N) is 2. The Morgan fingerprint density at radius 2 is 1.73 bits per heavy atom. The van der Waals surface area contributed by atoms with Crippen LogP contribution < -0.4 is 5.46 Å². The summed E-state index contributed by atoms with van der Waals surface area (Å²) in [7, 11) is -0.570. The zero-order valence-corrected chi connectivity index (χ0v) is 14.0. The van der Waals surface area contributed by atoms with Crippen LogP contribution in [0.3, 0.4) is 0 Å². The van der Waals surface area contributed by atoms with Crippen molar-refractivity contribution in [1.82, 2.24) is 9.78 Å². The fourth-order valence-electron chi connectivity index (χ4n) is 2.65. The van der Waals surface area contributed by atoms with Crippen LogP contribution in [0.5, 0.6) is 0 Å². The fourth-order valence-corrected chi connectivity index (χ4v) is 2.65. The summed E-state index contributed by atoms with van der Waals surface area (Å²) >= 11 is 0. The van der Waals surface area contributed by atoms with Crippen molar-refractivity contribution in [3.05, 3.63) is 24.1 Å². The van der Waals surface area contributed by atoms with Gasteiger partial charge < -0.3 is 9.31 Å². The largest absolute Gasteiger partial charge is 0.495 e. The molecule has 0 saturated carbocycles. The van der Waals surface area contributed by atoms with Crippen LogP contribution in [0.25, 0.3) is 10.9 Å². The number of aromatic nitrogens is 2. The second-order valence-corrected chi connectivity index (χ2v) is 7.21. The first-order chi connectivity index (χ1) is 10.1. The third-order valence-corrected chi connectivity index (χ3v) is 4.70. The minimum Gasteiger partial charge on any atom is -0.399 e. The van der Waals surface area contributed by atoms with Crippen LogP contribution >= 0.6 is 0 Å². The summed E-state index contributed by atoms with van der Waals surface area (Å²) in [6.45, 7) is 12.0. The van der Waals surface area contributed by atoms with Gasteiger partial charge in [-0.3, -0.25) is 4.68 Å². The van der Waals surface area contributed by atoms with Crippen molar-refractivity contribution < 1.29 is 13.7 Å². The maximum atomic E-state index is 14.4. The summed E-state index contributed by atoms with van der Waals surface area (Å²) in [6, 6.07) is 3.55. The van der Waals surface area contributed by atoms with Crippen LogP contribution in [0, 0.1) is 5.82 Å². The monoisotopic (exact) mass is 304 g/mol.